The molecule has 0 saturated carbocycles. The minimum Gasteiger partial charge on any atom is -0.493 e. The summed E-state index contributed by atoms with van der Waals surface area (Å²) in [5.41, 5.74) is 1.05. The van der Waals surface area contributed by atoms with E-state index in [0.717, 1.165) is 56.2 Å². The second-order valence-corrected chi connectivity index (χ2v) is 6.28. The topological polar surface area (TPSA) is 42.0 Å². The molecule has 0 spiro atoms. The van der Waals surface area contributed by atoms with Crippen LogP contribution in [0.25, 0.3) is 0 Å². The average Bonchev–Trinajstić information content (AvgIpc) is 2.65. The fourth-order valence-electron chi connectivity index (χ4n) is 3.39. The summed E-state index contributed by atoms with van der Waals surface area (Å²) in [6.45, 7) is 4.66. The molecule has 2 aliphatic rings. The van der Waals surface area contributed by atoms with Crippen LogP contribution in [-0.2, 0) is 11.2 Å². The van der Waals surface area contributed by atoms with Gasteiger partial charge in [0.05, 0.1) is 13.0 Å². The number of benzene rings is 1. The van der Waals surface area contributed by atoms with Gasteiger partial charge < -0.3 is 14.4 Å². The summed E-state index contributed by atoms with van der Waals surface area (Å²) < 4.78 is 11.2. The zero-order valence-corrected chi connectivity index (χ0v) is 14.2. The molecule has 5 nitrogen and oxygen atoms in total. The number of hydrogen-bond donors (Lipinski definition) is 0. The van der Waals surface area contributed by atoms with Crippen molar-refractivity contribution in [2.75, 3.05) is 46.4 Å². The third-order valence-corrected chi connectivity index (χ3v) is 4.78. The van der Waals surface area contributed by atoms with Crippen LogP contribution >= 0.6 is 0 Å². The molecule has 5 heteroatoms. The first-order valence-corrected chi connectivity index (χ1v) is 8.46. The zero-order valence-electron chi connectivity index (χ0n) is 14.2. The maximum atomic E-state index is 12.8. The highest BCUT2D eigenvalue weighted by molar-refractivity contribution is 5.80. The van der Waals surface area contributed by atoms with Gasteiger partial charge in [0.1, 0.15) is 6.61 Å². The van der Waals surface area contributed by atoms with Crippen molar-refractivity contribution < 1.29 is 14.3 Å². The molecule has 1 atom stereocenters. The SMILES string of the molecule is C#CCCN1CCN(C(=O)[C@@H]2COc3c(cccc3OC)C2)CC1. The first kappa shape index (κ1) is 16.7. The smallest absolute Gasteiger partial charge is 0.229 e. The molecule has 0 bridgehead atoms. The fraction of sp³-hybridized carbons (Fsp3) is 0.526. The molecule has 0 aromatic heterocycles. The molecule has 0 N–H and O–H groups in total. The summed E-state index contributed by atoms with van der Waals surface area (Å²) in [4.78, 5) is 17.1. The van der Waals surface area contributed by atoms with E-state index < -0.39 is 0 Å². The van der Waals surface area contributed by atoms with Gasteiger partial charge in [0.2, 0.25) is 5.91 Å². The molecule has 3 rings (SSSR count). The van der Waals surface area contributed by atoms with Gasteiger partial charge in [-0.1, -0.05) is 12.1 Å². The minimum atomic E-state index is -0.109. The molecule has 1 aromatic carbocycles. The fourth-order valence-corrected chi connectivity index (χ4v) is 3.39. The van der Waals surface area contributed by atoms with Gasteiger partial charge in [-0.25, -0.2) is 0 Å². The maximum absolute atomic E-state index is 12.8. The van der Waals surface area contributed by atoms with Crippen LogP contribution in [-0.4, -0.2) is 62.1 Å². The van der Waals surface area contributed by atoms with Gasteiger partial charge in [-0.15, -0.1) is 12.3 Å². The second-order valence-electron chi connectivity index (χ2n) is 6.28. The molecule has 0 aliphatic carbocycles. The van der Waals surface area contributed by atoms with Crippen LogP contribution in [0.5, 0.6) is 11.5 Å². The molecule has 2 aliphatic heterocycles. The van der Waals surface area contributed by atoms with Gasteiger partial charge in [-0.2, -0.15) is 0 Å². The van der Waals surface area contributed by atoms with Crippen LogP contribution < -0.4 is 9.47 Å². The summed E-state index contributed by atoms with van der Waals surface area (Å²) in [5.74, 6) is 4.27. The lowest BCUT2D eigenvalue weighted by atomic mass is 9.95. The van der Waals surface area contributed by atoms with E-state index in [1.807, 2.05) is 23.1 Å². The quantitative estimate of drug-likeness (QED) is 0.784. The Kier molecular flexibility index (Phi) is 5.27. The van der Waals surface area contributed by atoms with Crippen molar-refractivity contribution in [3.05, 3.63) is 23.8 Å². The zero-order chi connectivity index (χ0) is 16.9. The molecule has 1 aromatic rings. The molecule has 1 amide bonds. The van der Waals surface area contributed by atoms with E-state index in [9.17, 15) is 4.79 Å². The van der Waals surface area contributed by atoms with Crippen molar-refractivity contribution in [3.8, 4) is 23.8 Å². The lowest BCUT2D eigenvalue weighted by Gasteiger charge is -2.37. The van der Waals surface area contributed by atoms with Crippen LogP contribution in [0, 0.1) is 18.3 Å². The van der Waals surface area contributed by atoms with Gasteiger partial charge in [0.15, 0.2) is 11.5 Å². The van der Waals surface area contributed by atoms with Crippen molar-refractivity contribution in [1.82, 2.24) is 9.80 Å². The predicted octanol–water partition coefficient (Wildman–Crippen LogP) is 1.41. The molecule has 2 heterocycles. The monoisotopic (exact) mass is 328 g/mol. The number of amides is 1. The Hall–Kier alpha value is -2.19. The van der Waals surface area contributed by atoms with Gasteiger partial charge in [-0.05, 0) is 18.1 Å². The summed E-state index contributed by atoms with van der Waals surface area (Å²) >= 11 is 0. The van der Waals surface area contributed by atoms with Crippen molar-refractivity contribution in [2.45, 2.75) is 12.8 Å². The van der Waals surface area contributed by atoms with Crippen molar-refractivity contribution in [3.63, 3.8) is 0 Å². The standard InChI is InChI=1S/C19H24N2O3/c1-3-4-8-20-9-11-21(12-10-20)19(22)16-13-15-6-5-7-17(23-2)18(15)24-14-16/h1,5-7,16H,4,8-14H2,2H3/t16-/m0/s1. The van der Waals surface area contributed by atoms with Crippen LogP contribution in [0.15, 0.2) is 18.2 Å². The number of hydrogen-bond acceptors (Lipinski definition) is 4. The molecular formula is C19H24N2O3. The summed E-state index contributed by atoms with van der Waals surface area (Å²) in [5, 5.41) is 0. The molecule has 0 unspecified atom stereocenters. The van der Waals surface area contributed by atoms with Crippen molar-refractivity contribution >= 4 is 5.91 Å². The number of nitrogens with zero attached hydrogens (tertiary/aromatic N) is 2. The molecule has 128 valence electrons. The molecular weight excluding hydrogens is 304 g/mol. The van der Waals surface area contributed by atoms with Gasteiger partial charge in [0, 0.05) is 39.1 Å². The first-order valence-electron chi connectivity index (χ1n) is 8.46. The van der Waals surface area contributed by atoms with Crippen LogP contribution in [0.3, 0.4) is 0 Å². The minimum absolute atomic E-state index is 0.109. The van der Waals surface area contributed by atoms with Crippen LogP contribution in [0.4, 0.5) is 0 Å². The van der Waals surface area contributed by atoms with Gasteiger partial charge in [0.25, 0.3) is 0 Å². The Bertz CT molecular complexity index is 630. The Labute approximate surface area is 143 Å². The average molecular weight is 328 g/mol. The highest BCUT2D eigenvalue weighted by Crippen LogP contribution is 2.36. The van der Waals surface area contributed by atoms with E-state index in [4.69, 9.17) is 15.9 Å². The van der Waals surface area contributed by atoms with E-state index in [1.54, 1.807) is 7.11 Å². The van der Waals surface area contributed by atoms with Gasteiger partial charge >= 0.3 is 0 Å². The third-order valence-electron chi connectivity index (χ3n) is 4.78. The first-order chi connectivity index (χ1) is 11.7. The maximum Gasteiger partial charge on any atom is 0.229 e. The van der Waals surface area contributed by atoms with E-state index in [-0.39, 0.29) is 11.8 Å². The number of rotatable bonds is 4. The third kappa shape index (κ3) is 3.49. The molecule has 0 radical (unpaired) electrons. The lowest BCUT2D eigenvalue weighted by molar-refractivity contribution is -0.138. The lowest BCUT2D eigenvalue weighted by Crippen LogP contribution is -2.51. The number of ether oxygens (including phenoxy) is 2. The predicted molar refractivity (Wildman–Crippen MR) is 92.2 cm³/mol. The number of carbonyl (C=O) groups is 1. The number of piperazine rings is 1. The molecule has 1 fully saturated rings. The Balaban J connectivity index is 1.58. The summed E-state index contributed by atoms with van der Waals surface area (Å²) in [7, 11) is 1.63. The van der Waals surface area contributed by atoms with E-state index in [1.165, 1.54) is 0 Å². The highest BCUT2D eigenvalue weighted by Gasteiger charge is 2.32. The Morgan fingerprint density at radius 3 is 2.88 bits per heavy atom. The number of methoxy groups -OCH3 is 1. The summed E-state index contributed by atoms with van der Waals surface area (Å²) in [6.07, 6.45) is 6.79. The normalized spacial score (nSPS) is 20.7. The Morgan fingerprint density at radius 1 is 1.38 bits per heavy atom. The number of fused-ring (bicyclic) bond motifs is 1. The number of para-hydroxylation sites is 1. The van der Waals surface area contributed by atoms with E-state index >= 15 is 0 Å². The van der Waals surface area contributed by atoms with Crippen molar-refractivity contribution in [2.24, 2.45) is 5.92 Å². The van der Waals surface area contributed by atoms with E-state index in [2.05, 4.69) is 10.8 Å². The number of carbonyl (C=O) groups excluding carboxylic acids is 1. The highest BCUT2D eigenvalue weighted by atomic mass is 16.5. The number of terminal acetylenes is 1. The largest absolute Gasteiger partial charge is 0.493 e. The Morgan fingerprint density at radius 2 is 2.17 bits per heavy atom. The van der Waals surface area contributed by atoms with Crippen LogP contribution in [0.1, 0.15) is 12.0 Å². The molecule has 24 heavy (non-hydrogen) atoms. The van der Waals surface area contributed by atoms with E-state index in [0.29, 0.717) is 13.0 Å². The van der Waals surface area contributed by atoms with Crippen LogP contribution in [0.2, 0.25) is 0 Å². The summed E-state index contributed by atoms with van der Waals surface area (Å²) in [6, 6.07) is 5.84. The molecule has 1 saturated heterocycles. The second kappa shape index (κ2) is 7.59. The van der Waals surface area contributed by atoms with Crippen molar-refractivity contribution in [1.29, 1.82) is 0 Å². The van der Waals surface area contributed by atoms with Gasteiger partial charge in [-0.3, -0.25) is 9.69 Å².